The molecule has 3 saturated carbocycles. The molecule has 5 N–H and O–H groups in total. The van der Waals surface area contributed by atoms with Crippen LogP contribution in [0.3, 0.4) is 0 Å². The molecule has 10 atom stereocenters. The van der Waals surface area contributed by atoms with Crippen molar-refractivity contribution in [2.24, 2.45) is 28.6 Å². The largest absolute Gasteiger partial charge is 0.390 e. The Bertz CT molecular complexity index is 682. The van der Waals surface area contributed by atoms with E-state index in [2.05, 4.69) is 12.8 Å². The molecule has 3 fully saturated rings. The maximum atomic E-state index is 11.0. The van der Waals surface area contributed by atoms with Crippen LogP contribution in [0.1, 0.15) is 46.0 Å². The summed E-state index contributed by atoms with van der Waals surface area (Å²) in [4.78, 5) is 0. The van der Waals surface area contributed by atoms with Crippen LogP contribution in [-0.2, 0) is 0 Å². The molecule has 4 rings (SSSR count). The molecule has 0 spiro atoms. The van der Waals surface area contributed by atoms with Crippen molar-refractivity contribution < 1.29 is 25.5 Å². The van der Waals surface area contributed by atoms with E-state index >= 15 is 0 Å². The van der Waals surface area contributed by atoms with Gasteiger partial charge < -0.3 is 25.5 Å². The molecule has 144 valence electrons. The third-order valence-electron chi connectivity index (χ3n) is 8.60. The summed E-state index contributed by atoms with van der Waals surface area (Å²) >= 11 is 0. The topological polar surface area (TPSA) is 101 Å². The molecule has 0 bridgehead atoms. The Kier molecular flexibility index (Phi) is 3.95. The van der Waals surface area contributed by atoms with Crippen LogP contribution in [0.2, 0.25) is 0 Å². The van der Waals surface area contributed by atoms with E-state index < -0.39 is 35.4 Å². The van der Waals surface area contributed by atoms with Crippen molar-refractivity contribution in [3.63, 3.8) is 0 Å². The Morgan fingerprint density at radius 3 is 2.46 bits per heavy atom. The Morgan fingerprint density at radius 2 is 1.81 bits per heavy atom. The van der Waals surface area contributed by atoms with Gasteiger partial charge in [0, 0.05) is 5.41 Å². The monoisotopic (exact) mass is 362 g/mol. The third-order valence-corrected chi connectivity index (χ3v) is 8.60. The van der Waals surface area contributed by atoms with Crippen LogP contribution in [-0.4, -0.2) is 55.5 Å². The smallest absolute Gasteiger partial charge is 0.156 e. The van der Waals surface area contributed by atoms with E-state index in [1.807, 2.05) is 13.0 Å². The summed E-state index contributed by atoms with van der Waals surface area (Å²) in [5.74, 6) is 2.37. The minimum atomic E-state index is -1.57. The fraction of sp³-hybridized carbons (Fsp3) is 0.810. The zero-order valence-corrected chi connectivity index (χ0v) is 15.5. The molecule has 0 amide bonds. The average molecular weight is 362 g/mol. The van der Waals surface area contributed by atoms with Crippen LogP contribution in [0.15, 0.2) is 11.6 Å². The highest BCUT2D eigenvalue weighted by atomic mass is 16.3. The highest BCUT2D eigenvalue weighted by Gasteiger charge is 2.68. The maximum absolute atomic E-state index is 11.0. The molecule has 0 heterocycles. The van der Waals surface area contributed by atoms with Gasteiger partial charge in [-0.3, -0.25) is 0 Å². The first-order chi connectivity index (χ1) is 12.1. The Labute approximate surface area is 154 Å². The number of terminal acetylenes is 1. The lowest BCUT2D eigenvalue weighted by Gasteiger charge is -2.59. The zero-order chi connectivity index (χ0) is 19.1. The van der Waals surface area contributed by atoms with Crippen LogP contribution in [0, 0.1) is 40.9 Å². The lowest BCUT2D eigenvalue weighted by atomic mass is 9.46. The van der Waals surface area contributed by atoms with Gasteiger partial charge in [0.25, 0.3) is 0 Å². The van der Waals surface area contributed by atoms with Crippen LogP contribution in [0.25, 0.3) is 0 Å². The van der Waals surface area contributed by atoms with Gasteiger partial charge in [-0.2, -0.15) is 0 Å². The second-order valence-electron chi connectivity index (χ2n) is 9.55. The van der Waals surface area contributed by atoms with Gasteiger partial charge in [0.2, 0.25) is 0 Å². The summed E-state index contributed by atoms with van der Waals surface area (Å²) in [6.07, 6.45) is 6.90. The molecule has 4 aliphatic carbocycles. The van der Waals surface area contributed by atoms with Gasteiger partial charge in [-0.1, -0.05) is 31.4 Å². The molecule has 4 aliphatic rings. The molecule has 5 heteroatoms. The molecule has 0 aromatic carbocycles. The number of aliphatic hydroxyl groups is 5. The first kappa shape index (κ1) is 18.5. The van der Waals surface area contributed by atoms with E-state index in [0.29, 0.717) is 25.7 Å². The summed E-state index contributed by atoms with van der Waals surface area (Å²) < 4.78 is 0. The molecule has 0 unspecified atom stereocenters. The van der Waals surface area contributed by atoms with Crippen molar-refractivity contribution in [3.05, 3.63) is 11.6 Å². The average Bonchev–Trinajstić information content (AvgIpc) is 2.78. The van der Waals surface area contributed by atoms with Gasteiger partial charge in [-0.05, 0) is 55.3 Å². The quantitative estimate of drug-likeness (QED) is 0.321. The van der Waals surface area contributed by atoms with Gasteiger partial charge in [0.1, 0.15) is 0 Å². The molecule has 26 heavy (non-hydrogen) atoms. The highest BCUT2D eigenvalue weighted by molar-refractivity contribution is 5.32. The SMILES string of the molecule is C#C[C@]1(O)[C@H](O)C[C@H]2[C@@H]3[C@@H](O)C=C4C[C@@H](O)[C@@H](O)C[C@]4(C)[C@H]3CC[C@@]21C. The number of hydrogen-bond donors (Lipinski definition) is 5. The predicted molar refractivity (Wildman–Crippen MR) is 95.7 cm³/mol. The second-order valence-corrected chi connectivity index (χ2v) is 9.55. The summed E-state index contributed by atoms with van der Waals surface area (Å²) in [6, 6.07) is 0. The normalized spacial score (nSPS) is 58.8. The van der Waals surface area contributed by atoms with Crippen molar-refractivity contribution >= 4 is 0 Å². The molecule has 0 aromatic rings. The van der Waals surface area contributed by atoms with Gasteiger partial charge in [0.15, 0.2) is 5.60 Å². The van der Waals surface area contributed by atoms with E-state index in [0.717, 1.165) is 12.0 Å². The third kappa shape index (κ3) is 2.05. The Balaban J connectivity index is 1.77. The number of fused-ring (bicyclic) bond motifs is 5. The van der Waals surface area contributed by atoms with Crippen LogP contribution >= 0.6 is 0 Å². The summed E-state index contributed by atoms with van der Waals surface area (Å²) in [5.41, 5.74) is -1.47. The summed E-state index contributed by atoms with van der Waals surface area (Å²) in [7, 11) is 0. The van der Waals surface area contributed by atoms with Crippen molar-refractivity contribution in [1.29, 1.82) is 0 Å². The van der Waals surface area contributed by atoms with Crippen molar-refractivity contribution in [3.8, 4) is 12.3 Å². The van der Waals surface area contributed by atoms with Crippen LogP contribution in [0.4, 0.5) is 0 Å². The maximum Gasteiger partial charge on any atom is 0.156 e. The standard InChI is InChI=1S/C21H30O5/c1-4-21(26)17(25)9-13-18-12(5-6-20(13,21)3)19(2)10-16(24)14(22)7-11(19)8-15(18)23/h1,8,12-18,22-26H,5-7,9-10H2,2-3H3/t12-,13-,14+,15-,16-,17+,18+,19-,20-,21-/m0/s1. The highest BCUT2D eigenvalue weighted by Crippen LogP contribution is 2.67. The number of hydrogen-bond acceptors (Lipinski definition) is 5. The van der Waals surface area contributed by atoms with Crippen LogP contribution < -0.4 is 0 Å². The molecule has 0 saturated heterocycles. The van der Waals surface area contributed by atoms with E-state index in [-0.39, 0.29) is 23.2 Å². The molecule has 0 radical (unpaired) electrons. The molecule has 0 aromatic heterocycles. The zero-order valence-electron chi connectivity index (χ0n) is 15.5. The second kappa shape index (κ2) is 5.56. The summed E-state index contributed by atoms with van der Waals surface area (Å²) in [6.45, 7) is 4.07. The molecule has 5 nitrogen and oxygen atoms in total. The molecular weight excluding hydrogens is 332 g/mol. The van der Waals surface area contributed by atoms with Gasteiger partial charge in [-0.15, -0.1) is 6.42 Å². The lowest BCUT2D eigenvalue weighted by Crippen LogP contribution is -2.59. The lowest BCUT2D eigenvalue weighted by molar-refractivity contribution is -0.143. The summed E-state index contributed by atoms with van der Waals surface area (Å²) in [5, 5.41) is 52.9. The first-order valence-electron chi connectivity index (χ1n) is 9.72. The minimum Gasteiger partial charge on any atom is -0.390 e. The fourth-order valence-electron chi connectivity index (χ4n) is 6.96. The van der Waals surface area contributed by atoms with Gasteiger partial charge in [0.05, 0.1) is 24.4 Å². The predicted octanol–water partition coefficient (Wildman–Crippen LogP) is 0.587. The molecular formula is C21H30O5. The fourth-order valence-corrected chi connectivity index (χ4v) is 6.96. The molecule has 0 aliphatic heterocycles. The van der Waals surface area contributed by atoms with Gasteiger partial charge in [-0.25, -0.2) is 0 Å². The van der Waals surface area contributed by atoms with Crippen molar-refractivity contribution in [2.45, 2.75) is 76.0 Å². The number of aliphatic hydroxyl groups excluding tert-OH is 4. The Morgan fingerprint density at radius 1 is 1.12 bits per heavy atom. The van der Waals surface area contributed by atoms with E-state index in [9.17, 15) is 25.5 Å². The minimum absolute atomic E-state index is 0.0917. The number of rotatable bonds is 0. The van der Waals surface area contributed by atoms with Gasteiger partial charge >= 0.3 is 0 Å². The van der Waals surface area contributed by atoms with Crippen molar-refractivity contribution in [2.75, 3.05) is 0 Å². The van der Waals surface area contributed by atoms with E-state index in [4.69, 9.17) is 6.42 Å². The van der Waals surface area contributed by atoms with E-state index in [1.165, 1.54) is 0 Å². The van der Waals surface area contributed by atoms with Crippen LogP contribution in [0.5, 0.6) is 0 Å². The van der Waals surface area contributed by atoms with E-state index in [1.54, 1.807) is 0 Å². The first-order valence-corrected chi connectivity index (χ1v) is 9.72. The van der Waals surface area contributed by atoms with Crippen molar-refractivity contribution in [1.82, 2.24) is 0 Å². The Hall–Kier alpha value is -0.900.